The van der Waals surface area contributed by atoms with Gasteiger partial charge in [0.05, 0.1) is 11.3 Å². The molecular formula is C20H23ClN2O3. The Balaban J connectivity index is 2.02. The second-order valence-corrected chi connectivity index (χ2v) is 7.40. The van der Waals surface area contributed by atoms with Crippen LogP contribution in [0.5, 0.6) is 5.75 Å². The molecule has 0 heterocycles. The number of anilines is 1. The Morgan fingerprint density at radius 3 is 2.46 bits per heavy atom. The number of para-hydroxylation sites is 1. The van der Waals surface area contributed by atoms with E-state index in [1.54, 1.807) is 42.5 Å². The topological polar surface area (TPSA) is 67.4 Å². The fourth-order valence-electron chi connectivity index (χ4n) is 2.24. The first-order valence-corrected chi connectivity index (χ1v) is 8.64. The molecule has 2 amide bonds. The third-order valence-electron chi connectivity index (χ3n) is 3.43. The molecule has 0 unspecified atom stereocenters. The van der Waals surface area contributed by atoms with Crippen LogP contribution < -0.4 is 15.4 Å². The quantitative estimate of drug-likeness (QED) is 0.824. The van der Waals surface area contributed by atoms with Crippen molar-refractivity contribution in [1.29, 1.82) is 0 Å². The van der Waals surface area contributed by atoms with Crippen molar-refractivity contribution < 1.29 is 14.3 Å². The van der Waals surface area contributed by atoms with Gasteiger partial charge < -0.3 is 15.4 Å². The summed E-state index contributed by atoms with van der Waals surface area (Å²) < 4.78 is 5.49. The lowest BCUT2D eigenvalue weighted by molar-refractivity contribution is -0.118. The van der Waals surface area contributed by atoms with Crippen molar-refractivity contribution in [1.82, 2.24) is 5.32 Å². The van der Waals surface area contributed by atoms with Gasteiger partial charge in [0.15, 0.2) is 6.61 Å². The Hall–Kier alpha value is -2.53. The summed E-state index contributed by atoms with van der Waals surface area (Å²) in [6.45, 7) is 7.38. The number of ether oxygens (including phenoxy) is 1. The molecule has 26 heavy (non-hydrogen) atoms. The number of hydrogen-bond donors (Lipinski definition) is 2. The summed E-state index contributed by atoms with van der Waals surface area (Å²) in [5.74, 6) is -0.0444. The Morgan fingerprint density at radius 1 is 1.12 bits per heavy atom. The fourth-order valence-corrected chi connectivity index (χ4v) is 2.36. The zero-order valence-corrected chi connectivity index (χ0v) is 16.1. The predicted octanol–water partition coefficient (Wildman–Crippen LogP) is 4.19. The minimum absolute atomic E-state index is 0.170. The molecule has 2 aromatic rings. The number of carbonyl (C=O) groups excluding carboxylic acids is 2. The summed E-state index contributed by atoms with van der Waals surface area (Å²) in [6.07, 6.45) is 0. The molecule has 5 nitrogen and oxygen atoms in total. The molecule has 0 saturated heterocycles. The predicted molar refractivity (Wildman–Crippen MR) is 104 cm³/mol. The van der Waals surface area contributed by atoms with E-state index in [0.717, 1.165) is 5.56 Å². The van der Waals surface area contributed by atoms with E-state index in [2.05, 4.69) is 10.6 Å². The van der Waals surface area contributed by atoms with Gasteiger partial charge in [0, 0.05) is 10.6 Å². The summed E-state index contributed by atoms with van der Waals surface area (Å²) in [5.41, 5.74) is 1.34. The van der Waals surface area contributed by atoms with Crippen molar-refractivity contribution in [3.8, 4) is 5.75 Å². The molecule has 6 heteroatoms. The van der Waals surface area contributed by atoms with E-state index >= 15 is 0 Å². The Bertz CT molecular complexity index is 813. The summed E-state index contributed by atoms with van der Waals surface area (Å²) >= 11 is 5.97. The van der Waals surface area contributed by atoms with Crippen molar-refractivity contribution in [2.75, 3.05) is 11.9 Å². The monoisotopic (exact) mass is 374 g/mol. The van der Waals surface area contributed by atoms with E-state index in [1.807, 2.05) is 27.7 Å². The maximum atomic E-state index is 12.4. The first-order chi connectivity index (χ1) is 12.2. The molecule has 0 radical (unpaired) electrons. The fraction of sp³-hybridized carbons (Fsp3) is 0.300. The lowest BCUT2D eigenvalue weighted by atomic mass is 10.1. The summed E-state index contributed by atoms with van der Waals surface area (Å²) in [4.78, 5) is 24.6. The molecule has 0 aliphatic carbocycles. The van der Waals surface area contributed by atoms with Crippen molar-refractivity contribution in [3.05, 3.63) is 58.6 Å². The van der Waals surface area contributed by atoms with Gasteiger partial charge in [-0.15, -0.1) is 0 Å². The summed E-state index contributed by atoms with van der Waals surface area (Å²) in [5, 5.41) is 6.25. The molecule has 0 saturated carbocycles. The lowest BCUT2D eigenvalue weighted by Crippen LogP contribution is -2.41. The number of rotatable bonds is 5. The molecule has 2 rings (SSSR count). The molecule has 0 bridgehead atoms. The van der Waals surface area contributed by atoms with Gasteiger partial charge in [0.2, 0.25) is 0 Å². The molecule has 0 aromatic heterocycles. The van der Waals surface area contributed by atoms with Gasteiger partial charge in [-0.1, -0.05) is 23.7 Å². The van der Waals surface area contributed by atoms with Crippen LogP contribution in [-0.4, -0.2) is 24.0 Å². The highest BCUT2D eigenvalue weighted by Crippen LogP contribution is 2.21. The van der Waals surface area contributed by atoms with Crippen LogP contribution in [0.4, 0.5) is 5.69 Å². The van der Waals surface area contributed by atoms with E-state index in [1.165, 1.54) is 0 Å². The van der Waals surface area contributed by atoms with E-state index in [0.29, 0.717) is 22.0 Å². The van der Waals surface area contributed by atoms with Crippen molar-refractivity contribution in [3.63, 3.8) is 0 Å². The number of hydrogen-bond acceptors (Lipinski definition) is 3. The van der Waals surface area contributed by atoms with Crippen LogP contribution >= 0.6 is 11.6 Å². The SMILES string of the molecule is Cc1cc(OCC(=O)Nc2ccccc2C(=O)NC(C)(C)C)ccc1Cl. The van der Waals surface area contributed by atoms with Crippen LogP contribution in [0.2, 0.25) is 5.02 Å². The molecule has 0 atom stereocenters. The Kier molecular flexibility index (Phi) is 6.27. The van der Waals surface area contributed by atoms with Crippen LogP contribution in [-0.2, 0) is 4.79 Å². The average molecular weight is 375 g/mol. The Labute approximate surface area is 158 Å². The van der Waals surface area contributed by atoms with Crippen LogP contribution in [0.3, 0.4) is 0 Å². The highest BCUT2D eigenvalue weighted by Gasteiger charge is 2.18. The molecule has 2 N–H and O–H groups in total. The largest absolute Gasteiger partial charge is 0.484 e. The molecule has 0 aliphatic heterocycles. The van der Waals surface area contributed by atoms with E-state index in [4.69, 9.17) is 16.3 Å². The van der Waals surface area contributed by atoms with E-state index in [9.17, 15) is 9.59 Å². The highest BCUT2D eigenvalue weighted by atomic mass is 35.5. The summed E-state index contributed by atoms with van der Waals surface area (Å²) in [6, 6.07) is 12.0. The van der Waals surface area contributed by atoms with Gasteiger partial charge in [-0.25, -0.2) is 0 Å². The summed E-state index contributed by atoms with van der Waals surface area (Å²) in [7, 11) is 0. The zero-order valence-electron chi connectivity index (χ0n) is 15.4. The van der Waals surface area contributed by atoms with Gasteiger partial charge in [-0.05, 0) is 63.6 Å². The van der Waals surface area contributed by atoms with Crippen molar-refractivity contribution in [2.45, 2.75) is 33.2 Å². The van der Waals surface area contributed by atoms with Crippen LogP contribution in [0, 0.1) is 6.92 Å². The number of halogens is 1. The Morgan fingerprint density at radius 2 is 1.81 bits per heavy atom. The van der Waals surface area contributed by atoms with E-state index < -0.39 is 0 Å². The molecule has 138 valence electrons. The minimum atomic E-state index is -0.371. The normalized spacial score (nSPS) is 11.0. The van der Waals surface area contributed by atoms with Gasteiger partial charge in [0.1, 0.15) is 5.75 Å². The number of benzene rings is 2. The number of aryl methyl sites for hydroxylation is 1. The molecule has 0 aliphatic rings. The van der Waals surface area contributed by atoms with Gasteiger partial charge in [0.25, 0.3) is 11.8 Å². The number of nitrogens with one attached hydrogen (secondary N) is 2. The molecule has 2 aromatic carbocycles. The maximum absolute atomic E-state index is 12.4. The zero-order chi connectivity index (χ0) is 19.3. The van der Waals surface area contributed by atoms with Crippen LogP contribution in [0.15, 0.2) is 42.5 Å². The first-order valence-electron chi connectivity index (χ1n) is 8.26. The lowest BCUT2D eigenvalue weighted by Gasteiger charge is -2.21. The first kappa shape index (κ1) is 19.8. The molecule has 0 spiro atoms. The molecule has 0 fully saturated rings. The highest BCUT2D eigenvalue weighted by molar-refractivity contribution is 6.31. The smallest absolute Gasteiger partial charge is 0.262 e. The molecular weight excluding hydrogens is 352 g/mol. The third-order valence-corrected chi connectivity index (χ3v) is 3.86. The van der Waals surface area contributed by atoms with Crippen molar-refractivity contribution in [2.24, 2.45) is 0 Å². The van der Waals surface area contributed by atoms with Gasteiger partial charge in [-0.3, -0.25) is 9.59 Å². The third kappa shape index (κ3) is 5.77. The standard InChI is InChI=1S/C20H23ClN2O3/c1-13-11-14(9-10-16(13)21)26-12-18(24)22-17-8-6-5-7-15(17)19(25)23-20(2,3)4/h5-11H,12H2,1-4H3,(H,22,24)(H,23,25). The van der Waals surface area contributed by atoms with Crippen LogP contribution in [0.25, 0.3) is 0 Å². The number of amides is 2. The minimum Gasteiger partial charge on any atom is -0.484 e. The average Bonchev–Trinajstić information content (AvgIpc) is 2.55. The van der Waals surface area contributed by atoms with E-state index in [-0.39, 0.29) is 24.0 Å². The van der Waals surface area contributed by atoms with Gasteiger partial charge in [-0.2, -0.15) is 0 Å². The number of carbonyl (C=O) groups is 2. The maximum Gasteiger partial charge on any atom is 0.262 e. The second kappa shape index (κ2) is 8.23. The van der Waals surface area contributed by atoms with Gasteiger partial charge >= 0.3 is 0 Å². The van der Waals surface area contributed by atoms with Crippen LogP contribution in [0.1, 0.15) is 36.7 Å². The second-order valence-electron chi connectivity index (χ2n) is 7.00. The van der Waals surface area contributed by atoms with Crippen molar-refractivity contribution >= 4 is 29.1 Å².